The van der Waals surface area contributed by atoms with E-state index in [1.54, 1.807) is 12.5 Å². The molecule has 0 aromatic rings. The first kappa shape index (κ1) is 24.8. The summed E-state index contributed by atoms with van der Waals surface area (Å²) in [6, 6.07) is 0. The Balaban J connectivity index is 0. The number of nitriles is 2. The van der Waals surface area contributed by atoms with E-state index in [2.05, 4.69) is 13.8 Å². The van der Waals surface area contributed by atoms with Crippen LogP contribution in [-0.4, -0.2) is 12.2 Å². The van der Waals surface area contributed by atoms with Gasteiger partial charge in [-0.05, 0) is 63.2 Å². The smallest absolute Gasteiger partial charge is 0.286 e. The number of ether oxygens (including phenoxy) is 2. The molecule has 0 saturated heterocycles. The van der Waals surface area contributed by atoms with E-state index in [1.165, 1.54) is 25.7 Å². The van der Waals surface area contributed by atoms with Crippen molar-refractivity contribution < 1.29 is 9.47 Å². The Kier molecular flexibility index (Phi) is 18.5. The summed E-state index contributed by atoms with van der Waals surface area (Å²) in [5.41, 5.74) is 0. The zero-order valence-corrected chi connectivity index (χ0v) is 16.7. The first-order chi connectivity index (χ1) is 11.7. The first-order valence-corrected chi connectivity index (χ1v) is 9.75. The third-order valence-corrected chi connectivity index (χ3v) is 4.36. The van der Waals surface area contributed by atoms with Gasteiger partial charge in [0.25, 0.3) is 12.5 Å². The molecular formula is C20H38N2O2. The summed E-state index contributed by atoms with van der Waals surface area (Å²) in [5, 5.41) is 16.4. The number of nitrogens with zero attached hydrogens (tertiary/aromatic N) is 2. The van der Waals surface area contributed by atoms with Crippen LogP contribution in [0.3, 0.4) is 0 Å². The van der Waals surface area contributed by atoms with Crippen LogP contribution < -0.4 is 0 Å². The van der Waals surface area contributed by atoms with Crippen LogP contribution in [-0.2, 0) is 9.47 Å². The molecule has 4 heteroatoms. The summed E-state index contributed by atoms with van der Waals surface area (Å²) in [7, 11) is 0. The molecule has 0 heterocycles. The van der Waals surface area contributed by atoms with Crippen LogP contribution in [0.1, 0.15) is 92.9 Å². The monoisotopic (exact) mass is 338 g/mol. The molecule has 2 fully saturated rings. The molecule has 0 unspecified atom stereocenters. The van der Waals surface area contributed by atoms with Gasteiger partial charge in [-0.2, -0.15) is 10.5 Å². The molecule has 24 heavy (non-hydrogen) atoms. The van der Waals surface area contributed by atoms with Crippen molar-refractivity contribution >= 4 is 0 Å². The molecule has 0 bridgehead atoms. The first-order valence-electron chi connectivity index (χ1n) is 9.75. The van der Waals surface area contributed by atoms with Crippen LogP contribution in [0.15, 0.2) is 0 Å². The summed E-state index contributed by atoms with van der Waals surface area (Å²) in [6.45, 7) is 12.5. The third-order valence-electron chi connectivity index (χ3n) is 4.36. The van der Waals surface area contributed by atoms with Crippen molar-refractivity contribution in [2.24, 2.45) is 11.8 Å². The fourth-order valence-electron chi connectivity index (χ4n) is 2.84. The molecule has 0 N–H and O–H groups in total. The van der Waals surface area contributed by atoms with E-state index >= 15 is 0 Å². The van der Waals surface area contributed by atoms with E-state index in [1.807, 2.05) is 27.7 Å². The molecular weight excluding hydrogens is 300 g/mol. The van der Waals surface area contributed by atoms with E-state index < -0.39 is 0 Å². The Morgan fingerprint density at radius 3 is 1.04 bits per heavy atom. The summed E-state index contributed by atoms with van der Waals surface area (Å²) in [4.78, 5) is 0. The van der Waals surface area contributed by atoms with Gasteiger partial charge >= 0.3 is 0 Å². The van der Waals surface area contributed by atoms with Gasteiger partial charge < -0.3 is 9.47 Å². The van der Waals surface area contributed by atoms with Crippen LogP contribution in [0.2, 0.25) is 0 Å². The number of rotatable bonds is 2. The van der Waals surface area contributed by atoms with Crippen LogP contribution in [0.4, 0.5) is 0 Å². The highest BCUT2D eigenvalue weighted by molar-refractivity contribution is 4.73. The van der Waals surface area contributed by atoms with Gasteiger partial charge in [0.1, 0.15) is 12.2 Å². The molecule has 2 rings (SSSR count). The van der Waals surface area contributed by atoms with Gasteiger partial charge in [0.15, 0.2) is 0 Å². The van der Waals surface area contributed by atoms with Gasteiger partial charge in [-0.25, -0.2) is 0 Å². The van der Waals surface area contributed by atoms with Crippen LogP contribution >= 0.6 is 0 Å². The lowest BCUT2D eigenvalue weighted by atomic mass is 9.89. The van der Waals surface area contributed by atoms with Gasteiger partial charge in [-0.15, -0.1) is 0 Å². The van der Waals surface area contributed by atoms with Crippen molar-refractivity contribution in [2.45, 2.75) is 105 Å². The van der Waals surface area contributed by atoms with Crippen LogP contribution in [0.25, 0.3) is 0 Å². The van der Waals surface area contributed by atoms with E-state index in [-0.39, 0.29) is 12.2 Å². The normalized spacial score (nSPS) is 27.8. The predicted molar refractivity (Wildman–Crippen MR) is 98.9 cm³/mol. The van der Waals surface area contributed by atoms with E-state index in [0.29, 0.717) is 0 Å². The molecule has 0 spiro atoms. The molecule has 0 atom stereocenters. The lowest BCUT2D eigenvalue weighted by molar-refractivity contribution is 0.104. The molecule has 0 radical (unpaired) electrons. The average Bonchev–Trinajstić information content (AvgIpc) is 2.63. The second kappa shape index (κ2) is 17.9. The molecule has 2 saturated carbocycles. The highest BCUT2D eigenvalue weighted by Gasteiger charge is 2.19. The largest absolute Gasteiger partial charge is 0.424 e. The van der Waals surface area contributed by atoms with E-state index in [4.69, 9.17) is 20.0 Å². The Labute approximate surface area is 150 Å². The maximum absolute atomic E-state index is 8.21. The molecule has 140 valence electrons. The zero-order valence-electron chi connectivity index (χ0n) is 16.7. The van der Waals surface area contributed by atoms with Crippen molar-refractivity contribution in [3.63, 3.8) is 0 Å². The molecule has 0 aromatic carbocycles. The lowest BCUT2D eigenvalue weighted by Crippen LogP contribution is -2.18. The fourth-order valence-corrected chi connectivity index (χ4v) is 2.84. The number of hydrogen-bond acceptors (Lipinski definition) is 4. The third kappa shape index (κ3) is 13.1. The lowest BCUT2D eigenvalue weighted by Gasteiger charge is -2.23. The predicted octanol–water partition coefficient (Wildman–Crippen LogP) is 6.18. The van der Waals surface area contributed by atoms with Gasteiger partial charge in [-0.3, -0.25) is 0 Å². The zero-order chi connectivity index (χ0) is 18.8. The molecule has 2 aliphatic rings. The fraction of sp³-hybridized carbons (Fsp3) is 0.900. The van der Waals surface area contributed by atoms with E-state index in [0.717, 1.165) is 37.5 Å². The van der Waals surface area contributed by atoms with Gasteiger partial charge in [-0.1, -0.05) is 41.5 Å². The summed E-state index contributed by atoms with van der Waals surface area (Å²) in [5.74, 6) is 1.66. The molecule has 0 aromatic heterocycles. The minimum absolute atomic E-state index is 0.223. The molecule has 0 aliphatic heterocycles. The molecule has 2 aliphatic carbocycles. The summed E-state index contributed by atoms with van der Waals surface area (Å²) < 4.78 is 9.67. The van der Waals surface area contributed by atoms with E-state index in [9.17, 15) is 0 Å². The van der Waals surface area contributed by atoms with Gasteiger partial charge in [0, 0.05) is 0 Å². The van der Waals surface area contributed by atoms with Crippen LogP contribution in [0, 0.1) is 34.9 Å². The maximum Gasteiger partial charge on any atom is 0.286 e. The van der Waals surface area contributed by atoms with Crippen molar-refractivity contribution in [3.8, 4) is 12.5 Å². The van der Waals surface area contributed by atoms with Crippen molar-refractivity contribution in [1.82, 2.24) is 0 Å². The van der Waals surface area contributed by atoms with Crippen molar-refractivity contribution in [1.29, 1.82) is 10.5 Å². The topological polar surface area (TPSA) is 66.0 Å². The minimum atomic E-state index is 0.223. The molecule has 0 amide bonds. The van der Waals surface area contributed by atoms with Gasteiger partial charge in [0.05, 0.1) is 0 Å². The SMILES string of the molecule is CC.CC.CC1CCC(OC#N)CC1.CC1CCC(OC#N)CC1. The number of hydrogen-bond donors (Lipinski definition) is 0. The highest BCUT2D eigenvalue weighted by atomic mass is 16.5. The summed E-state index contributed by atoms with van der Waals surface area (Å²) >= 11 is 0. The van der Waals surface area contributed by atoms with Crippen molar-refractivity contribution in [3.05, 3.63) is 0 Å². The Hall–Kier alpha value is -1.42. The summed E-state index contributed by atoms with van der Waals surface area (Å²) in [6.07, 6.45) is 13.1. The van der Waals surface area contributed by atoms with Crippen LogP contribution in [0.5, 0.6) is 0 Å². The molecule has 4 nitrogen and oxygen atoms in total. The second-order valence-electron chi connectivity index (χ2n) is 6.18. The maximum atomic E-state index is 8.21. The van der Waals surface area contributed by atoms with Gasteiger partial charge in [0.2, 0.25) is 0 Å². The van der Waals surface area contributed by atoms with Crippen molar-refractivity contribution in [2.75, 3.05) is 0 Å². The highest BCUT2D eigenvalue weighted by Crippen LogP contribution is 2.25. The second-order valence-corrected chi connectivity index (χ2v) is 6.18. The standard InChI is InChI=1S/2C8H13NO.2C2H6/c2*1-7-2-4-8(5-3-7)10-6-9;2*1-2/h2*7-8H,2-5H2,1H3;2*1-2H3. The average molecular weight is 339 g/mol. The Morgan fingerprint density at radius 1 is 0.583 bits per heavy atom. The minimum Gasteiger partial charge on any atom is -0.424 e. The Morgan fingerprint density at radius 2 is 0.833 bits per heavy atom. The Bertz CT molecular complexity index is 297. The quantitative estimate of drug-likeness (QED) is 0.564.